The first-order valence-electron chi connectivity index (χ1n) is 3.20. The molecule has 5 nitrogen and oxygen atoms in total. The number of Topliss-reactive ketones (excluding diaryl/α,β-unsaturated/α-hetero) is 1. The first-order valence-corrected chi connectivity index (χ1v) is 3.20. The van der Waals surface area contributed by atoms with Crippen molar-refractivity contribution in [1.82, 2.24) is 0 Å². The molecule has 0 aromatic carbocycles. The van der Waals surface area contributed by atoms with Crippen LogP contribution in [0.2, 0.25) is 0 Å². The highest BCUT2D eigenvalue weighted by atomic mass is 16.5. The van der Waals surface area contributed by atoms with Crippen molar-refractivity contribution in [3.8, 4) is 0 Å². The first-order chi connectivity index (χ1) is 5.13. The van der Waals surface area contributed by atoms with E-state index in [1.165, 1.54) is 6.92 Å². The number of ketones is 1. The number of rotatable bonds is 4. The van der Waals surface area contributed by atoms with Crippen LogP contribution in [-0.4, -0.2) is 24.4 Å². The van der Waals surface area contributed by atoms with Crippen LogP contribution in [0.4, 0.5) is 0 Å². The van der Waals surface area contributed by atoms with Crippen LogP contribution in [0, 0.1) is 0 Å². The molecule has 1 atom stereocenters. The van der Waals surface area contributed by atoms with Crippen LogP contribution in [0.5, 0.6) is 0 Å². The average Bonchev–Trinajstić information content (AvgIpc) is 1.88. The molecule has 0 aliphatic carbocycles. The molecule has 0 spiro atoms. The Bertz CT molecular complexity index is 179. The number of hydrogen-bond acceptors (Lipinski definition) is 3. The molecule has 0 heterocycles. The van der Waals surface area contributed by atoms with Gasteiger partial charge in [-0.15, -0.1) is 0 Å². The SMILES string of the molecule is CCOC(=O)C([NH+]=[N-])C(C)=O. The molecule has 5 heteroatoms. The number of esters is 1. The van der Waals surface area contributed by atoms with Gasteiger partial charge in [0.1, 0.15) is 0 Å². The Labute approximate surface area is 64.2 Å². The fourth-order valence-corrected chi connectivity index (χ4v) is 0.535. The van der Waals surface area contributed by atoms with Gasteiger partial charge in [0.05, 0.1) is 6.61 Å². The summed E-state index contributed by atoms with van der Waals surface area (Å²) in [5.74, 6) is -1.24. The molecular formula is C6H10N2O3. The second kappa shape index (κ2) is 4.54. The Morgan fingerprint density at radius 1 is 1.64 bits per heavy atom. The van der Waals surface area contributed by atoms with E-state index in [1.807, 2.05) is 0 Å². The Kier molecular flexibility index (Phi) is 4.02. The number of carbonyl (C=O) groups is 2. The van der Waals surface area contributed by atoms with E-state index in [-0.39, 0.29) is 6.61 Å². The van der Waals surface area contributed by atoms with E-state index in [4.69, 9.17) is 5.53 Å². The van der Waals surface area contributed by atoms with Gasteiger partial charge in [-0.2, -0.15) is 0 Å². The predicted octanol–water partition coefficient (Wildman–Crippen LogP) is -1.39. The fraction of sp³-hybridized carbons (Fsp3) is 0.667. The highest BCUT2D eigenvalue weighted by Crippen LogP contribution is 1.84. The van der Waals surface area contributed by atoms with Crippen LogP contribution < -0.4 is 5.11 Å². The molecule has 62 valence electrons. The van der Waals surface area contributed by atoms with Crippen LogP contribution in [0.25, 0.3) is 5.53 Å². The first kappa shape index (κ1) is 9.74. The zero-order valence-electron chi connectivity index (χ0n) is 6.46. The molecule has 1 unspecified atom stereocenters. The van der Waals surface area contributed by atoms with Gasteiger partial charge in [0, 0.05) is 6.92 Å². The molecule has 0 aromatic heterocycles. The lowest BCUT2D eigenvalue weighted by atomic mass is 10.2. The van der Waals surface area contributed by atoms with Gasteiger partial charge >= 0.3 is 5.97 Å². The minimum absolute atomic E-state index is 0.185. The van der Waals surface area contributed by atoms with E-state index in [1.54, 1.807) is 12.0 Å². The van der Waals surface area contributed by atoms with Crippen molar-refractivity contribution in [1.29, 1.82) is 0 Å². The van der Waals surface area contributed by atoms with E-state index < -0.39 is 17.8 Å². The molecule has 1 N–H and O–H groups in total. The molecule has 0 bridgehead atoms. The lowest BCUT2D eigenvalue weighted by Gasteiger charge is -2.03. The van der Waals surface area contributed by atoms with Crippen LogP contribution in [-0.2, 0) is 14.3 Å². The normalized spacial score (nSPS) is 11.8. The summed E-state index contributed by atoms with van der Waals surface area (Å²) in [5, 5.41) is 1.56. The summed E-state index contributed by atoms with van der Waals surface area (Å²) in [4.78, 5) is 21.3. The van der Waals surface area contributed by atoms with Crippen LogP contribution in [0.1, 0.15) is 13.8 Å². The second-order valence-corrected chi connectivity index (χ2v) is 1.92. The average molecular weight is 158 g/mol. The van der Waals surface area contributed by atoms with Gasteiger partial charge in [-0.1, -0.05) is 0 Å². The Morgan fingerprint density at radius 3 is 2.45 bits per heavy atom. The zero-order chi connectivity index (χ0) is 8.85. The molecular weight excluding hydrogens is 148 g/mol. The largest absolute Gasteiger partial charge is 0.507 e. The van der Waals surface area contributed by atoms with Crippen molar-refractivity contribution >= 4 is 11.8 Å². The molecule has 0 saturated carbocycles. The molecule has 0 aliphatic rings. The Morgan fingerprint density at radius 2 is 2.18 bits per heavy atom. The van der Waals surface area contributed by atoms with E-state index in [9.17, 15) is 9.59 Å². The number of carbonyl (C=O) groups excluding carboxylic acids is 2. The van der Waals surface area contributed by atoms with Gasteiger partial charge in [-0.25, -0.2) is 4.79 Å². The summed E-state index contributed by atoms with van der Waals surface area (Å²) in [7, 11) is 0. The lowest BCUT2D eigenvalue weighted by Crippen LogP contribution is -2.77. The third-order valence-corrected chi connectivity index (χ3v) is 1.06. The number of nitrogens with zero attached hydrogens (tertiary/aromatic N) is 1. The predicted molar refractivity (Wildman–Crippen MR) is 35.4 cm³/mol. The molecule has 0 aromatic rings. The lowest BCUT2D eigenvalue weighted by molar-refractivity contribution is -0.497. The molecule has 0 aliphatic heterocycles. The van der Waals surface area contributed by atoms with E-state index in [2.05, 4.69) is 4.74 Å². The molecule has 0 amide bonds. The van der Waals surface area contributed by atoms with E-state index in [0.29, 0.717) is 0 Å². The van der Waals surface area contributed by atoms with E-state index >= 15 is 0 Å². The van der Waals surface area contributed by atoms with Gasteiger partial charge in [0.15, 0.2) is 0 Å². The molecule has 0 fully saturated rings. The summed E-state index contributed by atoms with van der Waals surface area (Å²) in [5.41, 5.74) is 8.32. The number of hydrogen-bond donors (Lipinski definition) is 1. The summed E-state index contributed by atoms with van der Waals surface area (Å²) < 4.78 is 4.47. The van der Waals surface area contributed by atoms with Crippen molar-refractivity contribution in [2.45, 2.75) is 19.9 Å². The van der Waals surface area contributed by atoms with Gasteiger partial charge in [0.2, 0.25) is 5.78 Å². The second-order valence-electron chi connectivity index (χ2n) is 1.92. The third-order valence-electron chi connectivity index (χ3n) is 1.06. The van der Waals surface area contributed by atoms with Gasteiger partial charge < -0.3 is 15.4 Å². The van der Waals surface area contributed by atoms with Gasteiger partial charge in [-0.3, -0.25) is 4.79 Å². The summed E-state index contributed by atoms with van der Waals surface area (Å²) in [6.45, 7) is 2.99. The van der Waals surface area contributed by atoms with Gasteiger partial charge in [0.25, 0.3) is 6.04 Å². The van der Waals surface area contributed by atoms with Crippen LogP contribution in [0.3, 0.4) is 0 Å². The maximum atomic E-state index is 10.8. The molecule has 0 radical (unpaired) electrons. The third kappa shape index (κ3) is 2.88. The monoisotopic (exact) mass is 158 g/mol. The topological polar surface area (TPSA) is 79.6 Å². The fourth-order valence-electron chi connectivity index (χ4n) is 0.535. The standard InChI is InChI=1S/C6H10N2O3/c1-3-11-6(10)5(8-7)4(2)9/h5,8H,3H2,1-2H3. The minimum Gasteiger partial charge on any atom is -0.507 e. The smallest absolute Gasteiger partial charge is 0.382 e. The van der Waals surface area contributed by atoms with Crippen LogP contribution >= 0.6 is 0 Å². The Hall–Kier alpha value is -1.26. The van der Waals surface area contributed by atoms with Crippen molar-refractivity contribution < 1.29 is 19.4 Å². The van der Waals surface area contributed by atoms with E-state index in [0.717, 1.165) is 0 Å². The number of nitrogens with one attached hydrogen (secondary N) is 1. The summed E-state index contributed by atoms with van der Waals surface area (Å²) in [6.07, 6.45) is 0. The van der Waals surface area contributed by atoms with Crippen LogP contribution in [0.15, 0.2) is 0 Å². The highest BCUT2D eigenvalue weighted by molar-refractivity contribution is 5.99. The Balaban J connectivity index is 4.14. The maximum Gasteiger partial charge on any atom is 0.382 e. The zero-order valence-corrected chi connectivity index (χ0v) is 6.46. The highest BCUT2D eigenvalue weighted by Gasteiger charge is 2.26. The molecule has 0 saturated heterocycles. The van der Waals surface area contributed by atoms with Crippen molar-refractivity contribution in [2.75, 3.05) is 6.61 Å². The van der Waals surface area contributed by atoms with Crippen molar-refractivity contribution in [2.24, 2.45) is 0 Å². The maximum absolute atomic E-state index is 10.8. The minimum atomic E-state index is -1.25. The van der Waals surface area contributed by atoms with Gasteiger partial charge in [-0.05, 0) is 6.92 Å². The number of ether oxygens (including phenoxy) is 1. The van der Waals surface area contributed by atoms with Crippen molar-refractivity contribution in [3.63, 3.8) is 0 Å². The summed E-state index contributed by atoms with van der Waals surface area (Å²) >= 11 is 0. The molecule has 0 rings (SSSR count). The van der Waals surface area contributed by atoms with Crippen molar-refractivity contribution in [3.05, 3.63) is 5.53 Å². The quantitative estimate of drug-likeness (QED) is 0.311. The molecule has 11 heavy (non-hydrogen) atoms. The summed E-state index contributed by atoms with van der Waals surface area (Å²) in [6, 6.07) is -1.25.